The van der Waals surface area contributed by atoms with Gasteiger partial charge in [-0.1, -0.05) is 11.3 Å². The van der Waals surface area contributed by atoms with Crippen LogP contribution in [0, 0.1) is 5.92 Å². The van der Waals surface area contributed by atoms with Crippen LogP contribution in [0.15, 0.2) is 17.1 Å². The molecule has 0 bridgehead atoms. The molecule has 0 aliphatic carbocycles. The van der Waals surface area contributed by atoms with Crippen LogP contribution in [-0.2, 0) is 26.1 Å². The number of fused-ring (bicyclic) bond motifs is 1. The SMILES string of the molecule is COCCn1c(=NC(=O)C2CCN(S(C)(=O)=O)CC2)sc2c(OC)ccc(OC)c21. The Balaban J connectivity index is 2.00. The first-order valence-corrected chi connectivity index (χ1v) is 12.2. The van der Waals surface area contributed by atoms with Gasteiger partial charge in [-0.25, -0.2) is 12.7 Å². The van der Waals surface area contributed by atoms with Crippen LogP contribution >= 0.6 is 11.3 Å². The van der Waals surface area contributed by atoms with Crippen molar-refractivity contribution in [3.63, 3.8) is 0 Å². The van der Waals surface area contributed by atoms with Gasteiger partial charge in [0, 0.05) is 32.7 Å². The Morgan fingerprint density at radius 3 is 2.37 bits per heavy atom. The van der Waals surface area contributed by atoms with Crippen LogP contribution in [0.5, 0.6) is 11.5 Å². The van der Waals surface area contributed by atoms with E-state index >= 15 is 0 Å². The molecule has 0 radical (unpaired) electrons. The summed E-state index contributed by atoms with van der Waals surface area (Å²) >= 11 is 1.36. The van der Waals surface area contributed by atoms with Gasteiger partial charge in [-0.3, -0.25) is 4.79 Å². The minimum absolute atomic E-state index is 0.237. The number of hydrogen-bond acceptors (Lipinski definition) is 7. The van der Waals surface area contributed by atoms with Gasteiger partial charge in [-0.2, -0.15) is 4.99 Å². The quantitative estimate of drug-likeness (QED) is 0.624. The maximum absolute atomic E-state index is 12.9. The molecule has 30 heavy (non-hydrogen) atoms. The fraction of sp³-hybridized carbons (Fsp3) is 0.579. The summed E-state index contributed by atoms with van der Waals surface area (Å²) in [5.74, 6) is 0.803. The molecule has 9 nitrogen and oxygen atoms in total. The first-order valence-electron chi connectivity index (χ1n) is 9.57. The lowest BCUT2D eigenvalue weighted by Crippen LogP contribution is -2.39. The molecule has 0 atom stereocenters. The van der Waals surface area contributed by atoms with Gasteiger partial charge in [0.2, 0.25) is 10.0 Å². The lowest BCUT2D eigenvalue weighted by atomic mass is 9.98. The van der Waals surface area contributed by atoms with Crippen LogP contribution < -0.4 is 14.3 Å². The number of aromatic nitrogens is 1. The van der Waals surface area contributed by atoms with E-state index in [9.17, 15) is 13.2 Å². The van der Waals surface area contributed by atoms with Crippen LogP contribution in [0.25, 0.3) is 10.2 Å². The number of methoxy groups -OCH3 is 3. The van der Waals surface area contributed by atoms with Gasteiger partial charge < -0.3 is 18.8 Å². The summed E-state index contributed by atoms with van der Waals surface area (Å²) < 4.78 is 43.8. The zero-order valence-electron chi connectivity index (χ0n) is 17.6. The highest BCUT2D eigenvalue weighted by Gasteiger charge is 2.29. The Bertz CT molecular complexity index is 1080. The van der Waals surface area contributed by atoms with Crippen molar-refractivity contribution in [1.29, 1.82) is 0 Å². The monoisotopic (exact) mass is 457 g/mol. The van der Waals surface area contributed by atoms with E-state index in [0.717, 1.165) is 10.2 Å². The van der Waals surface area contributed by atoms with Crippen LogP contribution in [0.4, 0.5) is 0 Å². The van der Waals surface area contributed by atoms with Crippen molar-refractivity contribution in [2.45, 2.75) is 19.4 Å². The van der Waals surface area contributed by atoms with E-state index in [4.69, 9.17) is 14.2 Å². The van der Waals surface area contributed by atoms with Crippen molar-refractivity contribution >= 4 is 37.5 Å². The maximum atomic E-state index is 12.9. The second kappa shape index (κ2) is 9.46. The highest BCUT2D eigenvalue weighted by molar-refractivity contribution is 7.88. The van der Waals surface area contributed by atoms with Gasteiger partial charge in [0.1, 0.15) is 21.7 Å². The van der Waals surface area contributed by atoms with Gasteiger partial charge in [0.05, 0.1) is 27.1 Å². The van der Waals surface area contributed by atoms with Crippen molar-refractivity contribution in [1.82, 2.24) is 8.87 Å². The minimum atomic E-state index is -3.24. The average Bonchev–Trinajstić information content (AvgIpc) is 3.08. The van der Waals surface area contributed by atoms with Crippen molar-refractivity contribution < 1.29 is 27.4 Å². The molecule has 0 saturated carbocycles. The van der Waals surface area contributed by atoms with Crippen molar-refractivity contribution in [3.05, 3.63) is 16.9 Å². The van der Waals surface area contributed by atoms with Crippen LogP contribution in [0.1, 0.15) is 12.8 Å². The number of carbonyl (C=O) groups excluding carboxylic acids is 1. The summed E-state index contributed by atoms with van der Waals surface area (Å²) in [6.45, 7) is 1.62. The Labute approximate surface area is 179 Å². The van der Waals surface area contributed by atoms with E-state index in [0.29, 0.717) is 55.4 Å². The number of hydrogen-bond donors (Lipinski definition) is 0. The number of nitrogens with zero attached hydrogens (tertiary/aromatic N) is 3. The second-order valence-corrected chi connectivity index (χ2v) is 10.0. The van der Waals surface area contributed by atoms with Gasteiger partial charge in [-0.15, -0.1) is 0 Å². The predicted octanol–water partition coefficient (Wildman–Crippen LogP) is 1.47. The second-order valence-electron chi connectivity index (χ2n) is 7.06. The number of sulfonamides is 1. The molecule has 0 unspecified atom stereocenters. The van der Waals surface area contributed by atoms with Crippen molar-refractivity contribution in [2.24, 2.45) is 10.9 Å². The lowest BCUT2D eigenvalue weighted by molar-refractivity contribution is -0.122. The van der Waals surface area contributed by atoms with E-state index in [1.165, 1.54) is 21.9 Å². The third-order valence-corrected chi connectivity index (χ3v) is 7.59. The highest BCUT2D eigenvalue weighted by Crippen LogP contribution is 2.35. The minimum Gasteiger partial charge on any atom is -0.495 e. The summed E-state index contributed by atoms with van der Waals surface area (Å²) in [7, 11) is 1.57. The molecule has 1 aliphatic rings. The molecule has 166 valence electrons. The summed E-state index contributed by atoms with van der Waals surface area (Å²) in [5.41, 5.74) is 0.803. The maximum Gasteiger partial charge on any atom is 0.251 e. The molecular formula is C19H27N3O6S2. The Kier molecular flexibility index (Phi) is 7.17. The highest BCUT2D eigenvalue weighted by atomic mass is 32.2. The van der Waals surface area contributed by atoms with Gasteiger partial charge in [0.25, 0.3) is 5.91 Å². The molecule has 2 aromatic rings. The van der Waals surface area contributed by atoms with Gasteiger partial charge in [-0.05, 0) is 25.0 Å². The number of amides is 1. The topological polar surface area (TPSA) is 99.4 Å². The molecule has 1 saturated heterocycles. The first kappa shape index (κ1) is 22.7. The zero-order chi connectivity index (χ0) is 21.9. The summed E-state index contributed by atoms with van der Waals surface area (Å²) in [6, 6.07) is 3.65. The lowest BCUT2D eigenvalue weighted by Gasteiger charge is -2.28. The zero-order valence-corrected chi connectivity index (χ0v) is 19.2. The summed E-state index contributed by atoms with van der Waals surface area (Å²) in [6.07, 6.45) is 2.12. The molecule has 11 heteroatoms. The van der Waals surface area contributed by atoms with Gasteiger partial charge >= 0.3 is 0 Å². The Hall–Kier alpha value is -1.95. The van der Waals surface area contributed by atoms with E-state index in [1.54, 1.807) is 21.3 Å². The third kappa shape index (κ3) is 4.69. The molecule has 3 rings (SSSR count). The molecule has 1 fully saturated rings. The number of ether oxygens (including phenoxy) is 3. The smallest absolute Gasteiger partial charge is 0.251 e. The van der Waals surface area contributed by atoms with Crippen molar-refractivity contribution in [3.8, 4) is 11.5 Å². The van der Waals surface area contributed by atoms with E-state index < -0.39 is 10.0 Å². The van der Waals surface area contributed by atoms with Crippen LogP contribution in [0.2, 0.25) is 0 Å². The summed E-state index contributed by atoms with van der Waals surface area (Å²) in [5, 5.41) is 0. The Morgan fingerprint density at radius 1 is 1.17 bits per heavy atom. The van der Waals surface area contributed by atoms with Gasteiger partial charge in [0.15, 0.2) is 4.80 Å². The standard InChI is InChI=1S/C19H27N3O6S2/c1-26-12-11-22-16-14(27-2)5-6-15(28-3)17(16)29-19(22)20-18(23)13-7-9-21(10-8-13)30(4,24)25/h5-6,13H,7-12H2,1-4H3. The third-order valence-electron chi connectivity index (χ3n) is 5.19. The van der Waals surface area contributed by atoms with E-state index in [-0.39, 0.29) is 11.8 Å². The summed E-state index contributed by atoms with van der Waals surface area (Å²) in [4.78, 5) is 17.9. The van der Waals surface area contributed by atoms with Crippen LogP contribution in [0.3, 0.4) is 0 Å². The molecule has 0 spiro atoms. The fourth-order valence-corrected chi connectivity index (χ4v) is 5.59. The van der Waals surface area contributed by atoms with Crippen molar-refractivity contribution in [2.75, 3.05) is 47.3 Å². The molecule has 0 N–H and O–H groups in total. The molecule has 1 amide bonds. The predicted molar refractivity (Wildman–Crippen MR) is 115 cm³/mol. The van der Waals surface area contributed by atoms with E-state index in [2.05, 4.69) is 4.99 Å². The Morgan fingerprint density at radius 2 is 1.80 bits per heavy atom. The average molecular weight is 458 g/mol. The molecule has 2 heterocycles. The number of piperidine rings is 1. The first-order chi connectivity index (χ1) is 14.3. The molecule has 1 aromatic carbocycles. The number of rotatable bonds is 7. The number of benzene rings is 1. The largest absolute Gasteiger partial charge is 0.495 e. The van der Waals surface area contributed by atoms with E-state index in [1.807, 2.05) is 16.7 Å². The number of carbonyl (C=O) groups is 1. The van der Waals surface area contributed by atoms with Crippen LogP contribution in [-0.4, -0.2) is 70.5 Å². The molecular weight excluding hydrogens is 430 g/mol. The normalized spacial score (nSPS) is 16.9. The fourth-order valence-electron chi connectivity index (χ4n) is 3.55. The molecule has 1 aromatic heterocycles. The number of thiazole rings is 1. The molecule has 1 aliphatic heterocycles.